The highest BCUT2D eigenvalue weighted by Gasteiger charge is 2.30. The lowest BCUT2D eigenvalue weighted by Gasteiger charge is -2.44. The van der Waals surface area contributed by atoms with Crippen molar-refractivity contribution in [1.29, 1.82) is 5.26 Å². The monoisotopic (exact) mass is 477 g/mol. The number of halogens is 1. The van der Waals surface area contributed by atoms with Crippen LogP contribution in [-0.4, -0.2) is 54.5 Å². The molecule has 0 spiro atoms. The van der Waals surface area contributed by atoms with Gasteiger partial charge in [0.25, 0.3) is 0 Å². The Morgan fingerprint density at radius 3 is 2.50 bits per heavy atom. The van der Waals surface area contributed by atoms with Crippen LogP contribution < -0.4 is 9.64 Å². The van der Waals surface area contributed by atoms with Gasteiger partial charge in [0.2, 0.25) is 0 Å². The van der Waals surface area contributed by atoms with Crippen LogP contribution >= 0.6 is 11.6 Å². The Labute approximate surface area is 205 Å². The molecule has 0 saturated carbocycles. The lowest BCUT2D eigenvalue weighted by Crippen LogP contribution is -2.49. The predicted octanol–water partition coefficient (Wildman–Crippen LogP) is 4.18. The van der Waals surface area contributed by atoms with Gasteiger partial charge in [-0.1, -0.05) is 54.1 Å². The highest BCUT2D eigenvalue weighted by atomic mass is 35.5. The first-order valence-corrected chi connectivity index (χ1v) is 11.7. The van der Waals surface area contributed by atoms with Crippen molar-refractivity contribution in [3.8, 4) is 11.8 Å². The molecule has 0 aromatic heterocycles. The molecule has 1 saturated heterocycles. The van der Waals surface area contributed by atoms with Crippen molar-refractivity contribution in [3.63, 3.8) is 0 Å². The van der Waals surface area contributed by atoms with Crippen molar-refractivity contribution in [3.05, 3.63) is 94.5 Å². The molecule has 1 aliphatic rings. The molecule has 0 amide bonds. The van der Waals surface area contributed by atoms with E-state index in [0.717, 1.165) is 30.9 Å². The van der Waals surface area contributed by atoms with Crippen molar-refractivity contribution < 1.29 is 14.9 Å². The van der Waals surface area contributed by atoms with Gasteiger partial charge in [-0.25, -0.2) is 0 Å². The molecule has 6 nitrogen and oxygen atoms in total. The maximum Gasteiger partial charge on any atom is 0.121 e. The maximum absolute atomic E-state index is 10.8. The van der Waals surface area contributed by atoms with Crippen LogP contribution in [0.15, 0.2) is 72.8 Å². The summed E-state index contributed by atoms with van der Waals surface area (Å²) in [5, 5.41) is 29.4. The summed E-state index contributed by atoms with van der Waals surface area (Å²) < 4.78 is 5.50. The molecule has 176 valence electrons. The Morgan fingerprint density at radius 1 is 1.06 bits per heavy atom. The van der Waals surface area contributed by atoms with Gasteiger partial charge in [-0.05, 0) is 35.4 Å². The number of aliphatic hydroxyl groups excluding tert-OH is 2. The molecule has 0 bridgehead atoms. The van der Waals surface area contributed by atoms with E-state index in [1.54, 1.807) is 18.2 Å². The lowest BCUT2D eigenvalue weighted by atomic mass is 10.00. The number of β-amino-alcohol motifs (C(OH)–C–C–N with tert-alkyl or cyclic N) is 1. The third kappa shape index (κ3) is 5.69. The van der Waals surface area contributed by atoms with Crippen LogP contribution in [0.25, 0.3) is 0 Å². The second-order valence-corrected chi connectivity index (χ2v) is 8.72. The summed E-state index contributed by atoms with van der Waals surface area (Å²) >= 11 is 6.66. The van der Waals surface area contributed by atoms with Crippen molar-refractivity contribution in [2.75, 3.05) is 44.3 Å². The average Bonchev–Trinajstić information content (AvgIpc) is 2.88. The Morgan fingerprint density at radius 2 is 1.82 bits per heavy atom. The molecule has 1 fully saturated rings. The molecule has 1 unspecified atom stereocenters. The number of ether oxygens (including phenoxy) is 1. The zero-order valence-corrected chi connectivity index (χ0v) is 19.6. The molecular weight excluding hydrogens is 450 g/mol. The molecule has 34 heavy (non-hydrogen) atoms. The summed E-state index contributed by atoms with van der Waals surface area (Å²) in [6.07, 6.45) is -0.637. The van der Waals surface area contributed by atoms with Crippen LogP contribution in [0.2, 0.25) is 5.02 Å². The first-order valence-electron chi connectivity index (χ1n) is 11.3. The standard InChI is InChI=1S/C27H28ClN3O3/c28-24-16-23(34-15-14-32)10-11-25(24)31-13-12-30(18-26(31)21-4-2-1-3-5-21)19-27(33)22-8-6-20(17-29)7-9-22/h1-11,16,26-27,32-33H,12-15,18-19H2/t26-,27?/m0/s1. The second-order valence-electron chi connectivity index (χ2n) is 8.31. The minimum absolute atomic E-state index is 0.0499. The first-order chi connectivity index (χ1) is 16.6. The van der Waals surface area contributed by atoms with E-state index in [0.29, 0.717) is 22.9 Å². The number of anilines is 1. The minimum Gasteiger partial charge on any atom is -0.491 e. The Kier molecular flexibility index (Phi) is 8.04. The van der Waals surface area contributed by atoms with Crippen LogP contribution in [0.5, 0.6) is 5.75 Å². The summed E-state index contributed by atoms with van der Waals surface area (Å²) in [5.74, 6) is 0.628. The number of hydrogen-bond acceptors (Lipinski definition) is 6. The molecule has 0 aliphatic carbocycles. The lowest BCUT2D eigenvalue weighted by molar-refractivity contribution is 0.100. The summed E-state index contributed by atoms with van der Waals surface area (Å²) in [7, 11) is 0. The summed E-state index contributed by atoms with van der Waals surface area (Å²) in [6.45, 7) is 2.93. The van der Waals surface area contributed by atoms with Crippen molar-refractivity contribution in [1.82, 2.24) is 4.90 Å². The zero-order valence-electron chi connectivity index (χ0n) is 18.8. The molecule has 1 aliphatic heterocycles. The minimum atomic E-state index is -0.637. The third-order valence-corrected chi connectivity index (χ3v) is 6.40. The van der Waals surface area contributed by atoms with Gasteiger partial charge in [-0.2, -0.15) is 5.26 Å². The molecule has 2 atom stereocenters. The Balaban J connectivity index is 1.53. The van der Waals surface area contributed by atoms with E-state index in [-0.39, 0.29) is 19.3 Å². The van der Waals surface area contributed by atoms with E-state index in [2.05, 4.69) is 28.0 Å². The number of piperazine rings is 1. The number of hydrogen-bond donors (Lipinski definition) is 2. The van der Waals surface area contributed by atoms with Gasteiger partial charge in [-0.15, -0.1) is 0 Å². The van der Waals surface area contributed by atoms with E-state index in [4.69, 9.17) is 26.7 Å². The van der Waals surface area contributed by atoms with Gasteiger partial charge in [0.05, 0.1) is 41.1 Å². The normalized spacial score (nSPS) is 17.2. The molecule has 0 radical (unpaired) electrons. The zero-order chi connectivity index (χ0) is 23.9. The molecular formula is C27H28ClN3O3. The second kappa shape index (κ2) is 11.4. The molecule has 1 heterocycles. The number of nitrogens with zero attached hydrogens (tertiary/aromatic N) is 3. The number of aliphatic hydroxyl groups is 2. The SMILES string of the molecule is N#Cc1ccc(C(O)CN2CCN(c3ccc(OCCO)cc3Cl)[C@H](c3ccccc3)C2)cc1. The van der Waals surface area contributed by atoms with Gasteiger partial charge in [-0.3, -0.25) is 4.90 Å². The molecule has 4 rings (SSSR count). The van der Waals surface area contributed by atoms with Gasteiger partial charge >= 0.3 is 0 Å². The van der Waals surface area contributed by atoms with Crippen molar-refractivity contribution in [2.24, 2.45) is 0 Å². The smallest absolute Gasteiger partial charge is 0.121 e. The molecule has 2 N–H and O–H groups in total. The Hall–Kier alpha value is -3.08. The van der Waals surface area contributed by atoms with E-state index < -0.39 is 6.10 Å². The van der Waals surface area contributed by atoms with Crippen molar-refractivity contribution in [2.45, 2.75) is 12.1 Å². The number of rotatable bonds is 8. The molecule has 3 aromatic rings. The van der Waals surface area contributed by atoms with Crippen molar-refractivity contribution >= 4 is 17.3 Å². The fraction of sp³-hybridized carbons (Fsp3) is 0.296. The number of nitriles is 1. The highest BCUT2D eigenvalue weighted by Crippen LogP contribution is 2.37. The van der Waals surface area contributed by atoms with Crippen LogP contribution in [0.4, 0.5) is 5.69 Å². The van der Waals surface area contributed by atoms with E-state index in [1.165, 1.54) is 5.56 Å². The average molecular weight is 478 g/mol. The van der Waals surface area contributed by atoms with Gasteiger partial charge in [0.15, 0.2) is 0 Å². The van der Waals surface area contributed by atoms with Gasteiger partial charge in [0, 0.05) is 32.2 Å². The van der Waals surface area contributed by atoms with Crippen LogP contribution in [-0.2, 0) is 0 Å². The summed E-state index contributed by atoms with van der Waals surface area (Å²) in [6, 6.07) is 25.2. The van der Waals surface area contributed by atoms with E-state index in [1.807, 2.05) is 42.5 Å². The van der Waals surface area contributed by atoms with Crippen LogP contribution in [0.3, 0.4) is 0 Å². The third-order valence-electron chi connectivity index (χ3n) is 6.09. The summed E-state index contributed by atoms with van der Waals surface area (Å²) in [4.78, 5) is 4.57. The van der Waals surface area contributed by atoms with Crippen LogP contribution in [0, 0.1) is 11.3 Å². The quantitative estimate of drug-likeness (QED) is 0.506. The first kappa shape index (κ1) is 24.1. The molecule has 3 aromatic carbocycles. The maximum atomic E-state index is 10.8. The largest absolute Gasteiger partial charge is 0.491 e. The molecule has 7 heteroatoms. The summed E-state index contributed by atoms with van der Waals surface area (Å²) in [5.41, 5.74) is 3.49. The predicted molar refractivity (Wildman–Crippen MR) is 133 cm³/mol. The fourth-order valence-electron chi connectivity index (χ4n) is 4.36. The number of benzene rings is 3. The van der Waals surface area contributed by atoms with Crippen LogP contribution in [0.1, 0.15) is 28.8 Å². The fourth-order valence-corrected chi connectivity index (χ4v) is 4.64. The highest BCUT2D eigenvalue weighted by molar-refractivity contribution is 6.33. The van der Waals surface area contributed by atoms with E-state index in [9.17, 15) is 5.11 Å². The van der Waals surface area contributed by atoms with E-state index >= 15 is 0 Å². The van der Waals surface area contributed by atoms with Gasteiger partial charge in [0.1, 0.15) is 12.4 Å². The van der Waals surface area contributed by atoms with Gasteiger partial charge < -0.3 is 19.8 Å². The Bertz CT molecular complexity index is 1120. The topological polar surface area (TPSA) is 80.0 Å².